The molecule has 0 spiro atoms. The van der Waals surface area contributed by atoms with Gasteiger partial charge >= 0.3 is 0 Å². The average Bonchev–Trinajstić information content (AvgIpc) is 2.82. The van der Waals surface area contributed by atoms with Crippen molar-refractivity contribution in [3.8, 4) is 17.7 Å². The van der Waals surface area contributed by atoms with Crippen molar-refractivity contribution in [3.63, 3.8) is 0 Å². The molecule has 0 fully saturated rings. The van der Waals surface area contributed by atoms with E-state index in [9.17, 15) is 0 Å². The largest absolute Gasteiger partial charge is 0.436 e. The lowest BCUT2D eigenvalue weighted by Gasteiger charge is -2.07. The third-order valence-corrected chi connectivity index (χ3v) is 2.81. The number of ether oxygens (including phenoxy) is 1. The van der Waals surface area contributed by atoms with Crippen LogP contribution < -0.4 is 10.5 Å². The fourth-order valence-electron chi connectivity index (χ4n) is 1.93. The van der Waals surface area contributed by atoms with Gasteiger partial charge in [0.2, 0.25) is 5.88 Å². The molecule has 3 aromatic rings. The fraction of sp³-hybridized carbons (Fsp3) is 0.0714. The van der Waals surface area contributed by atoms with E-state index in [-0.39, 0.29) is 0 Å². The van der Waals surface area contributed by atoms with Crippen LogP contribution in [0.1, 0.15) is 11.3 Å². The lowest BCUT2D eigenvalue weighted by Crippen LogP contribution is -1.96. The monoisotopic (exact) mass is 265 g/mol. The Kier molecular flexibility index (Phi) is 2.73. The summed E-state index contributed by atoms with van der Waals surface area (Å²) in [5.41, 5.74) is 8.14. The standard InChI is InChI=1S/C14H11N5O/c1-9-6-12-14(17-4-5-19(12)18-9)20-13-3-2-11(16)7-10(13)8-15/h2-7H,16H2,1H3. The van der Waals surface area contributed by atoms with Crippen LogP contribution in [0.4, 0.5) is 5.69 Å². The molecule has 6 heteroatoms. The van der Waals surface area contributed by atoms with Crippen molar-refractivity contribution in [2.45, 2.75) is 6.92 Å². The van der Waals surface area contributed by atoms with Crippen LogP contribution >= 0.6 is 0 Å². The van der Waals surface area contributed by atoms with E-state index in [2.05, 4.69) is 16.2 Å². The third kappa shape index (κ3) is 2.01. The zero-order valence-electron chi connectivity index (χ0n) is 10.7. The number of fused-ring (bicyclic) bond motifs is 1. The lowest BCUT2D eigenvalue weighted by atomic mass is 10.2. The van der Waals surface area contributed by atoms with Crippen LogP contribution in [0.2, 0.25) is 0 Å². The molecule has 0 atom stereocenters. The van der Waals surface area contributed by atoms with Crippen molar-refractivity contribution in [1.29, 1.82) is 5.26 Å². The van der Waals surface area contributed by atoms with E-state index in [1.54, 1.807) is 35.1 Å². The molecule has 98 valence electrons. The molecule has 1 aromatic carbocycles. The van der Waals surface area contributed by atoms with Gasteiger partial charge in [0, 0.05) is 18.1 Å². The zero-order chi connectivity index (χ0) is 14.1. The maximum Gasteiger partial charge on any atom is 0.245 e. The van der Waals surface area contributed by atoms with Crippen LogP contribution in [0.25, 0.3) is 5.52 Å². The second-order valence-corrected chi connectivity index (χ2v) is 4.32. The van der Waals surface area contributed by atoms with Gasteiger partial charge in [-0.1, -0.05) is 0 Å². The van der Waals surface area contributed by atoms with Gasteiger partial charge in [-0.3, -0.25) is 0 Å². The number of hydrogen-bond acceptors (Lipinski definition) is 5. The van der Waals surface area contributed by atoms with Gasteiger partial charge in [0.05, 0.1) is 11.3 Å². The van der Waals surface area contributed by atoms with Gasteiger partial charge in [-0.15, -0.1) is 0 Å². The Morgan fingerprint density at radius 3 is 3.00 bits per heavy atom. The number of nitrogen functional groups attached to an aromatic ring is 1. The summed E-state index contributed by atoms with van der Waals surface area (Å²) in [5, 5.41) is 13.4. The molecule has 0 radical (unpaired) electrons. The van der Waals surface area contributed by atoms with E-state index >= 15 is 0 Å². The molecule has 0 amide bonds. The Labute approximate surface area is 115 Å². The van der Waals surface area contributed by atoms with Crippen LogP contribution in [0.3, 0.4) is 0 Å². The van der Waals surface area contributed by atoms with Gasteiger partial charge in [0.25, 0.3) is 0 Å². The Hall–Kier alpha value is -3.07. The Morgan fingerprint density at radius 2 is 2.20 bits per heavy atom. The molecule has 0 unspecified atom stereocenters. The lowest BCUT2D eigenvalue weighted by molar-refractivity contribution is 0.464. The van der Waals surface area contributed by atoms with Crippen LogP contribution in [0, 0.1) is 18.3 Å². The quantitative estimate of drug-likeness (QED) is 0.718. The highest BCUT2D eigenvalue weighted by Crippen LogP contribution is 2.28. The third-order valence-electron chi connectivity index (χ3n) is 2.81. The molecular formula is C14H11N5O. The molecule has 3 rings (SSSR count). The molecule has 0 bridgehead atoms. The molecule has 2 N–H and O–H groups in total. The highest BCUT2D eigenvalue weighted by atomic mass is 16.5. The molecular weight excluding hydrogens is 254 g/mol. The van der Waals surface area contributed by atoms with E-state index < -0.39 is 0 Å². The zero-order valence-corrected chi connectivity index (χ0v) is 10.7. The first-order valence-corrected chi connectivity index (χ1v) is 5.96. The number of anilines is 1. The molecule has 0 saturated heterocycles. The summed E-state index contributed by atoms with van der Waals surface area (Å²) >= 11 is 0. The predicted molar refractivity (Wildman–Crippen MR) is 73.4 cm³/mol. The van der Waals surface area contributed by atoms with Gasteiger partial charge in [-0.2, -0.15) is 10.4 Å². The topological polar surface area (TPSA) is 89.2 Å². The van der Waals surface area contributed by atoms with Crippen LogP contribution in [0.5, 0.6) is 11.6 Å². The van der Waals surface area contributed by atoms with Crippen LogP contribution in [0.15, 0.2) is 36.7 Å². The number of aryl methyl sites for hydroxylation is 1. The maximum absolute atomic E-state index is 9.11. The van der Waals surface area contributed by atoms with Crippen LogP contribution in [-0.2, 0) is 0 Å². The molecule has 0 aliphatic heterocycles. The summed E-state index contributed by atoms with van der Waals surface area (Å²) in [4.78, 5) is 4.19. The average molecular weight is 265 g/mol. The van der Waals surface area contributed by atoms with Crippen molar-refractivity contribution in [1.82, 2.24) is 14.6 Å². The summed E-state index contributed by atoms with van der Waals surface area (Å²) in [6.45, 7) is 1.89. The SMILES string of the molecule is Cc1cc2c(Oc3ccc(N)cc3C#N)nccn2n1. The van der Waals surface area contributed by atoms with Crippen molar-refractivity contribution < 1.29 is 4.74 Å². The number of nitrogens with two attached hydrogens (primary N) is 1. The number of hydrogen-bond donors (Lipinski definition) is 1. The van der Waals surface area contributed by atoms with Crippen molar-refractivity contribution in [2.24, 2.45) is 0 Å². The second-order valence-electron chi connectivity index (χ2n) is 4.32. The van der Waals surface area contributed by atoms with Crippen molar-refractivity contribution in [2.75, 3.05) is 5.73 Å². The van der Waals surface area contributed by atoms with Crippen molar-refractivity contribution >= 4 is 11.2 Å². The van der Waals surface area contributed by atoms with Gasteiger partial charge in [0.15, 0.2) is 0 Å². The molecule has 0 aliphatic rings. The molecule has 2 heterocycles. The normalized spacial score (nSPS) is 10.4. The van der Waals surface area contributed by atoms with E-state index in [0.29, 0.717) is 22.9 Å². The fourth-order valence-corrected chi connectivity index (χ4v) is 1.93. The van der Waals surface area contributed by atoms with E-state index in [1.165, 1.54) is 0 Å². The number of rotatable bonds is 2. The predicted octanol–water partition coefficient (Wildman–Crippen LogP) is 2.28. The highest BCUT2D eigenvalue weighted by Gasteiger charge is 2.10. The molecule has 0 aliphatic carbocycles. The van der Waals surface area contributed by atoms with E-state index in [1.807, 2.05) is 13.0 Å². The number of benzene rings is 1. The number of nitriles is 1. The van der Waals surface area contributed by atoms with E-state index in [0.717, 1.165) is 11.2 Å². The van der Waals surface area contributed by atoms with Crippen LogP contribution in [-0.4, -0.2) is 14.6 Å². The molecule has 6 nitrogen and oxygen atoms in total. The minimum Gasteiger partial charge on any atom is -0.436 e. The van der Waals surface area contributed by atoms with E-state index in [4.69, 9.17) is 15.7 Å². The van der Waals surface area contributed by atoms with Gasteiger partial charge in [-0.05, 0) is 31.2 Å². The Balaban J connectivity index is 2.08. The van der Waals surface area contributed by atoms with Gasteiger partial charge < -0.3 is 10.5 Å². The summed E-state index contributed by atoms with van der Waals surface area (Å²) in [5.74, 6) is 0.815. The smallest absolute Gasteiger partial charge is 0.245 e. The van der Waals surface area contributed by atoms with Gasteiger partial charge in [-0.25, -0.2) is 9.50 Å². The van der Waals surface area contributed by atoms with Crippen molar-refractivity contribution in [3.05, 3.63) is 47.9 Å². The first kappa shape index (κ1) is 12.0. The minimum absolute atomic E-state index is 0.366. The number of aromatic nitrogens is 3. The minimum atomic E-state index is 0.366. The summed E-state index contributed by atoms with van der Waals surface area (Å²) in [6.07, 6.45) is 3.33. The first-order chi connectivity index (χ1) is 9.67. The molecule has 2 aromatic heterocycles. The Bertz CT molecular complexity index is 831. The maximum atomic E-state index is 9.11. The molecule has 0 saturated carbocycles. The summed E-state index contributed by atoms with van der Waals surface area (Å²) < 4.78 is 7.41. The summed E-state index contributed by atoms with van der Waals surface area (Å²) in [7, 11) is 0. The summed E-state index contributed by atoms with van der Waals surface area (Å²) in [6, 6.07) is 8.82. The van der Waals surface area contributed by atoms with Gasteiger partial charge in [0.1, 0.15) is 17.3 Å². The number of nitrogens with zero attached hydrogens (tertiary/aromatic N) is 4. The first-order valence-electron chi connectivity index (χ1n) is 5.96. The Morgan fingerprint density at radius 1 is 1.35 bits per heavy atom. The highest BCUT2D eigenvalue weighted by molar-refractivity contribution is 5.60. The second kappa shape index (κ2) is 4.55. The molecule has 20 heavy (non-hydrogen) atoms.